The Morgan fingerprint density at radius 3 is 2.68 bits per heavy atom. The molecule has 1 saturated heterocycles. The SMILES string of the molecule is COc1ccc(Br)cc1C(c1ccc(Cl)cc1Cl)N1CCCNCC1. The predicted octanol–water partition coefficient (Wildman–Crippen LogP) is 5.15. The molecule has 0 bridgehead atoms. The highest BCUT2D eigenvalue weighted by Gasteiger charge is 2.28. The van der Waals surface area contributed by atoms with E-state index in [4.69, 9.17) is 27.9 Å². The molecule has 2 aromatic carbocycles. The zero-order valence-corrected chi connectivity index (χ0v) is 17.2. The van der Waals surface area contributed by atoms with Gasteiger partial charge in [-0.25, -0.2) is 0 Å². The highest BCUT2D eigenvalue weighted by molar-refractivity contribution is 9.10. The van der Waals surface area contributed by atoms with Crippen molar-refractivity contribution in [3.05, 3.63) is 62.0 Å². The molecule has 2 aromatic rings. The lowest BCUT2D eigenvalue weighted by Gasteiger charge is -2.33. The van der Waals surface area contributed by atoms with E-state index in [0.29, 0.717) is 10.0 Å². The molecule has 0 saturated carbocycles. The van der Waals surface area contributed by atoms with Crippen LogP contribution in [0.1, 0.15) is 23.6 Å². The summed E-state index contributed by atoms with van der Waals surface area (Å²) in [5.41, 5.74) is 2.15. The topological polar surface area (TPSA) is 24.5 Å². The van der Waals surface area contributed by atoms with Crippen LogP contribution in [0.25, 0.3) is 0 Å². The fourth-order valence-electron chi connectivity index (χ4n) is 3.33. The summed E-state index contributed by atoms with van der Waals surface area (Å²) in [6, 6.07) is 11.8. The third kappa shape index (κ3) is 4.50. The summed E-state index contributed by atoms with van der Waals surface area (Å²) in [5, 5.41) is 4.78. The lowest BCUT2D eigenvalue weighted by Crippen LogP contribution is -2.33. The Hall–Kier alpha value is -0.780. The Labute approximate surface area is 167 Å². The standard InChI is InChI=1S/C19H21BrCl2N2O/c1-25-18-6-3-13(20)11-16(18)19(24-9-2-7-23-8-10-24)15-5-4-14(21)12-17(15)22/h3-6,11-12,19,23H,2,7-10H2,1H3. The van der Waals surface area contributed by atoms with Crippen LogP contribution in [0.5, 0.6) is 5.75 Å². The number of hydrogen-bond donors (Lipinski definition) is 1. The Kier molecular flexibility index (Phi) is 6.64. The van der Waals surface area contributed by atoms with Crippen LogP contribution < -0.4 is 10.1 Å². The molecule has 0 aliphatic carbocycles. The van der Waals surface area contributed by atoms with Gasteiger partial charge < -0.3 is 10.1 Å². The molecule has 3 nitrogen and oxygen atoms in total. The second-order valence-corrected chi connectivity index (χ2v) is 7.85. The van der Waals surface area contributed by atoms with Crippen molar-refractivity contribution >= 4 is 39.1 Å². The summed E-state index contributed by atoms with van der Waals surface area (Å²) in [6.07, 6.45) is 1.10. The number of nitrogens with zero attached hydrogens (tertiary/aromatic N) is 1. The molecule has 1 aliphatic rings. The molecule has 1 heterocycles. The van der Waals surface area contributed by atoms with Gasteiger partial charge in [-0.15, -0.1) is 0 Å². The first-order valence-corrected chi connectivity index (χ1v) is 9.88. The van der Waals surface area contributed by atoms with Gasteiger partial charge in [0.05, 0.1) is 13.2 Å². The highest BCUT2D eigenvalue weighted by atomic mass is 79.9. The third-order valence-corrected chi connectivity index (χ3v) is 5.54. The van der Waals surface area contributed by atoms with Gasteiger partial charge in [-0.05, 0) is 48.9 Å². The molecule has 0 spiro atoms. The van der Waals surface area contributed by atoms with Crippen LogP contribution in [0.3, 0.4) is 0 Å². The number of ether oxygens (including phenoxy) is 1. The first kappa shape index (κ1) is 19.0. The fourth-order valence-corrected chi connectivity index (χ4v) is 4.22. The van der Waals surface area contributed by atoms with E-state index in [0.717, 1.165) is 53.9 Å². The van der Waals surface area contributed by atoms with Gasteiger partial charge in [0.1, 0.15) is 5.75 Å². The maximum atomic E-state index is 6.59. The van der Waals surface area contributed by atoms with Crippen LogP contribution in [0.4, 0.5) is 0 Å². The molecule has 0 amide bonds. The summed E-state index contributed by atoms with van der Waals surface area (Å²) in [5.74, 6) is 0.858. The van der Waals surface area contributed by atoms with E-state index >= 15 is 0 Å². The second kappa shape index (κ2) is 8.74. The number of nitrogens with one attached hydrogen (secondary N) is 1. The van der Waals surface area contributed by atoms with E-state index in [-0.39, 0.29) is 6.04 Å². The highest BCUT2D eigenvalue weighted by Crippen LogP contribution is 2.40. The molecule has 134 valence electrons. The van der Waals surface area contributed by atoms with Gasteiger partial charge in [0.15, 0.2) is 0 Å². The summed E-state index contributed by atoms with van der Waals surface area (Å²) < 4.78 is 6.68. The van der Waals surface area contributed by atoms with Gasteiger partial charge >= 0.3 is 0 Å². The number of hydrogen-bond acceptors (Lipinski definition) is 3. The molecule has 1 N–H and O–H groups in total. The maximum absolute atomic E-state index is 6.59. The Bertz CT molecular complexity index is 733. The summed E-state index contributed by atoms with van der Waals surface area (Å²) in [4.78, 5) is 2.46. The number of benzene rings is 2. The van der Waals surface area contributed by atoms with E-state index in [2.05, 4.69) is 32.2 Å². The van der Waals surface area contributed by atoms with Crippen LogP contribution >= 0.6 is 39.1 Å². The van der Waals surface area contributed by atoms with Crippen molar-refractivity contribution in [1.29, 1.82) is 0 Å². The van der Waals surface area contributed by atoms with E-state index in [9.17, 15) is 0 Å². The zero-order chi connectivity index (χ0) is 17.8. The fraction of sp³-hybridized carbons (Fsp3) is 0.368. The zero-order valence-electron chi connectivity index (χ0n) is 14.1. The van der Waals surface area contributed by atoms with E-state index < -0.39 is 0 Å². The third-order valence-electron chi connectivity index (χ3n) is 4.48. The Morgan fingerprint density at radius 2 is 1.92 bits per heavy atom. The van der Waals surface area contributed by atoms with Crippen molar-refractivity contribution in [1.82, 2.24) is 10.2 Å². The van der Waals surface area contributed by atoms with E-state index in [1.165, 1.54) is 0 Å². The second-order valence-electron chi connectivity index (χ2n) is 6.09. The average molecular weight is 444 g/mol. The quantitative estimate of drug-likeness (QED) is 0.707. The molecule has 1 aliphatic heterocycles. The van der Waals surface area contributed by atoms with Gasteiger partial charge in [-0.2, -0.15) is 0 Å². The number of methoxy groups -OCH3 is 1. The lowest BCUT2D eigenvalue weighted by molar-refractivity contribution is 0.236. The molecule has 3 rings (SSSR count). The largest absolute Gasteiger partial charge is 0.496 e. The first-order valence-electron chi connectivity index (χ1n) is 8.33. The lowest BCUT2D eigenvalue weighted by atomic mass is 9.95. The van der Waals surface area contributed by atoms with Crippen molar-refractivity contribution in [2.24, 2.45) is 0 Å². The minimum Gasteiger partial charge on any atom is -0.496 e. The smallest absolute Gasteiger partial charge is 0.124 e. The summed E-state index contributed by atoms with van der Waals surface area (Å²) in [6.45, 7) is 3.93. The van der Waals surface area contributed by atoms with Gasteiger partial charge in [-0.3, -0.25) is 4.90 Å². The molecule has 1 fully saturated rings. The van der Waals surface area contributed by atoms with Crippen LogP contribution in [0.15, 0.2) is 40.9 Å². The monoisotopic (exact) mass is 442 g/mol. The molecule has 1 unspecified atom stereocenters. The average Bonchev–Trinajstić information content (AvgIpc) is 2.87. The molecule has 0 radical (unpaired) electrons. The van der Waals surface area contributed by atoms with Crippen molar-refractivity contribution in [3.8, 4) is 5.75 Å². The van der Waals surface area contributed by atoms with Crippen molar-refractivity contribution in [2.45, 2.75) is 12.5 Å². The van der Waals surface area contributed by atoms with Crippen LogP contribution in [0.2, 0.25) is 10.0 Å². The van der Waals surface area contributed by atoms with Crippen molar-refractivity contribution < 1.29 is 4.74 Å². The van der Waals surface area contributed by atoms with Crippen LogP contribution in [0, 0.1) is 0 Å². The molecular formula is C19H21BrCl2N2O. The van der Waals surface area contributed by atoms with Gasteiger partial charge in [0.2, 0.25) is 0 Å². The van der Waals surface area contributed by atoms with Crippen LogP contribution in [-0.4, -0.2) is 38.2 Å². The maximum Gasteiger partial charge on any atom is 0.124 e. The minimum atomic E-state index is 0.0112. The molecule has 0 aromatic heterocycles. The molecular weight excluding hydrogens is 423 g/mol. The van der Waals surface area contributed by atoms with Crippen LogP contribution in [-0.2, 0) is 0 Å². The van der Waals surface area contributed by atoms with E-state index in [1.54, 1.807) is 7.11 Å². The normalized spacial score (nSPS) is 17.1. The van der Waals surface area contributed by atoms with Gasteiger partial charge in [0, 0.05) is 39.7 Å². The predicted molar refractivity (Wildman–Crippen MR) is 108 cm³/mol. The molecule has 6 heteroatoms. The van der Waals surface area contributed by atoms with Crippen molar-refractivity contribution in [2.75, 3.05) is 33.3 Å². The molecule has 1 atom stereocenters. The Balaban J connectivity index is 2.13. The van der Waals surface area contributed by atoms with Gasteiger partial charge in [-0.1, -0.05) is 45.2 Å². The number of halogens is 3. The first-order chi connectivity index (χ1) is 12.1. The Morgan fingerprint density at radius 1 is 1.08 bits per heavy atom. The van der Waals surface area contributed by atoms with Gasteiger partial charge in [0.25, 0.3) is 0 Å². The number of rotatable bonds is 4. The summed E-state index contributed by atoms with van der Waals surface area (Å²) in [7, 11) is 1.71. The molecule has 25 heavy (non-hydrogen) atoms. The minimum absolute atomic E-state index is 0.0112. The van der Waals surface area contributed by atoms with E-state index in [1.807, 2.05) is 30.3 Å². The van der Waals surface area contributed by atoms with Crippen molar-refractivity contribution in [3.63, 3.8) is 0 Å². The summed E-state index contributed by atoms with van der Waals surface area (Å²) >= 11 is 16.3.